The summed E-state index contributed by atoms with van der Waals surface area (Å²) >= 11 is 1.62. The topological polar surface area (TPSA) is 86.6 Å². The van der Waals surface area contributed by atoms with E-state index in [2.05, 4.69) is 5.32 Å². The highest BCUT2D eigenvalue weighted by Crippen LogP contribution is 2.71. The Kier molecular flexibility index (Phi) is 4.64. The van der Waals surface area contributed by atoms with E-state index in [9.17, 15) is 24.2 Å². The third-order valence-electron chi connectivity index (χ3n) is 6.15. The van der Waals surface area contributed by atoms with E-state index in [1.54, 1.807) is 23.9 Å². The molecule has 3 unspecified atom stereocenters. The van der Waals surface area contributed by atoms with Crippen LogP contribution in [-0.4, -0.2) is 40.0 Å². The number of halogens is 1. The molecule has 2 aliphatic carbocycles. The van der Waals surface area contributed by atoms with Gasteiger partial charge in [0, 0.05) is 30.7 Å². The summed E-state index contributed by atoms with van der Waals surface area (Å²) in [6, 6.07) is 6.31. The van der Waals surface area contributed by atoms with Crippen molar-refractivity contribution in [3.05, 3.63) is 47.3 Å². The third-order valence-corrected chi connectivity index (χ3v) is 7.89. The number of fused-ring (bicyclic) bond motifs is 2. The van der Waals surface area contributed by atoms with E-state index in [0.717, 1.165) is 12.0 Å². The van der Waals surface area contributed by atoms with Crippen LogP contribution >= 0.6 is 11.8 Å². The number of carboxylic acid groups (broad SMARTS) is 1. The van der Waals surface area contributed by atoms with E-state index in [1.165, 1.54) is 12.1 Å². The van der Waals surface area contributed by atoms with Gasteiger partial charge in [-0.05, 0) is 42.0 Å². The number of thioether (sulfide) groups is 1. The summed E-state index contributed by atoms with van der Waals surface area (Å²) in [4.78, 5) is 23.6. The van der Waals surface area contributed by atoms with Crippen molar-refractivity contribution in [2.45, 2.75) is 29.9 Å². The molecule has 1 aliphatic heterocycles. The molecule has 1 heterocycles. The Labute approximate surface area is 161 Å². The second-order valence-electron chi connectivity index (χ2n) is 7.63. The summed E-state index contributed by atoms with van der Waals surface area (Å²) in [6.07, 6.45) is 3.06. The summed E-state index contributed by atoms with van der Waals surface area (Å²) in [6.45, 7) is 0.479. The van der Waals surface area contributed by atoms with E-state index in [1.807, 2.05) is 6.08 Å². The fourth-order valence-electron chi connectivity index (χ4n) is 4.69. The molecule has 144 valence electrons. The average molecular weight is 391 g/mol. The molecule has 1 aromatic carbocycles. The maximum atomic E-state index is 13.2. The lowest BCUT2D eigenvalue weighted by Gasteiger charge is -2.57. The lowest BCUT2D eigenvalue weighted by Crippen LogP contribution is -2.72. The molecule has 3 N–H and O–H groups in total. The Morgan fingerprint density at radius 1 is 1.33 bits per heavy atom. The zero-order valence-corrected chi connectivity index (χ0v) is 15.6. The average Bonchev–Trinajstić information content (AvgIpc) is 3.26. The van der Waals surface area contributed by atoms with Gasteiger partial charge in [0.1, 0.15) is 5.82 Å². The molecule has 0 amide bonds. The summed E-state index contributed by atoms with van der Waals surface area (Å²) in [5, 5.41) is 22.0. The van der Waals surface area contributed by atoms with E-state index >= 15 is 0 Å². The van der Waals surface area contributed by atoms with Crippen LogP contribution in [0.15, 0.2) is 35.9 Å². The maximum absolute atomic E-state index is 13.2. The van der Waals surface area contributed by atoms with Crippen molar-refractivity contribution in [2.24, 2.45) is 17.3 Å². The number of rotatable bonds is 7. The standard InChI is InChI=1S/C20H22FNO4S/c21-15-3-1-12(2-4-15)11-27-20-16(10-22-20)18(26)13(5-6-23)8-19(20)9-14(19)7-17(24)25/h1-4,8,14,16,22-23H,5-7,9-11H2,(H,24,25)/t14?,16?,19?,20-/m0/s1. The van der Waals surface area contributed by atoms with Gasteiger partial charge in [-0.25, -0.2) is 4.39 Å². The smallest absolute Gasteiger partial charge is 0.303 e. The first-order chi connectivity index (χ1) is 12.9. The minimum atomic E-state index is -0.833. The number of hydrogen-bond donors (Lipinski definition) is 3. The number of aliphatic carboxylic acids is 1. The first-order valence-electron chi connectivity index (χ1n) is 9.14. The van der Waals surface area contributed by atoms with Crippen molar-refractivity contribution in [1.82, 2.24) is 5.32 Å². The summed E-state index contributed by atoms with van der Waals surface area (Å²) < 4.78 is 13.2. The van der Waals surface area contributed by atoms with E-state index in [-0.39, 0.29) is 41.9 Å². The van der Waals surface area contributed by atoms with Crippen LogP contribution in [0.1, 0.15) is 24.8 Å². The second-order valence-corrected chi connectivity index (χ2v) is 8.85. The van der Waals surface area contributed by atoms with Gasteiger partial charge in [-0.1, -0.05) is 18.2 Å². The van der Waals surface area contributed by atoms with Gasteiger partial charge in [-0.2, -0.15) is 0 Å². The monoisotopic (exact) mass is 391 g/mol. The van der Waals surface area contributed by atoms with Crippen LogP contribution in [0.2, 0.25) is 0 Å². The van der Waals surface area contributed by atoms with Crippen molar-refractivity contribution in [3.63, 3.8) is 0 Å². The van der Waals surface area contributed by atoms with Gasteiger partial charge in [0.15, 0.2) is 5.78 Å². The number of nitrogens with one attached hydrogen (secondary N) is 1. The molecule has 0 aromatic heterocycles. The number of carbonyl (C=O) groups excluding carboxylic acids is 1. The van der Waals surface area contributed by atoms with Gasteiger partial charge >= 0.3 is 5.97 Å². The molecule has 0 bridgehead atoms. The van der Waals surface area contributed by atoms with Crippen LogP contribution in [0.4, 0.5) is 4.39 Å². The van der Waals surface area contributed by atoms with Crippen LogP contribution in [0.5, 0.6) is 0 Å². The van der Waals surface area contributed by atoms with Gasteiger partial charge in [0.25, 0.3) is 0 Å². The van der Waals surface area contributed by atoms with Crippen LogP contribution in [-0.2, 0) is 15.3 Å². The van der Waals surface area contributed by atoms with Crippen molar-refractivity contribution >= 4 is 23.5 Å². The Hall–Kier alpha value is -1.70. The van der Waals surface area contributed by atoms with Gasteiger partial charge in [0.2, 0.25) is 0 Å². The molecule has 1 saturated heterocycles. The van der Waals surface area contributed by atoms with E-state index < -0.39 is 10.8 Å². The fraction of sp³-hybridized carbons (Fsp3) is 0.500. The normalized spacial score (nSPS) is 34.0. The number of carboxylic acids is 1. The van der Waals surface area contributed by atoms with Crippen LogP contribution in [0.3, 0.4) is 0 Å². The number of carbonyl (C=O) groups is 2. The Morgan fingerprint density at radius 3 is 2.67 bits per heavy atom. The number of ketones is 1. The molecule has 4 rings (SSSR count). The molecule has 3 aliphatic rings. The third kappa shape index (κ3) is 2.92. The molecule has 1 aromatic rings. The zero-order valence-electron chi connectivity index (χ0n) is 14.8. The lowest BCUT2D eigenvalue weighted by atomic mass is 9.67. The summed E-state index contributed by atoms with van der Waals surface area (Å²) in [7, 11) is 0. The van der Waals surface area contributed by atoms with Crippen LogP contribution < -0.4 is 5.32 Å². The number of hydrogen-bond acceptors (Lipinski definition) is 5. The first-order valence-corrected chi connectivity index (χ1v) is 10.1. The van der Waals surface area contributed by atoms with Gasteiger partial charge in [0.05, 0.1) is 10.8 Å². The summed E-state index contributed by atoms with van der Waals surface area (Å²) in [5.41, 5.74) is 1.22. The molecule has 4 atom stereocenters. The van der Waals surface area contributed by atoms with Crippen molar-refractivity contribution in [3.8, 4) is 0 Å². The first kappa shape index (κ1) is 18.7. The Bertz CT molecular complexity index is 811. The quantitative estimate of drug-likeness (QED) is 0.662. The number of benzene rings is 1. The van der Waals surface area contributed by atoms with Gasteiger partial charge in [-0.15, -0.1) is 11.8 Å². The minimum Gasteiger partial charge on any atom is -0.481 e. The van der Waals surface area contributed by atoms with Crippen LogP contribution in [0.25, 0.3) is 0 Å². The lowest BCUT2D eigenvalue weighted by molar-refractivity contribution is -0.137. The molecule has 2 fully saturated rings. The SMILES string of the molecule is O=C(O)CC1CC12C=C(CCO)C(=O)C1CN[C@]12SCc1ccc(F)cc1. The molecule has 5 nitrogen and oxygen atoms in total. The Balaban J connectivity index is 1.63. The molecule has 1 saturated carbocycles. The number of Topliss-reactive ketones (excluding diaryl/α,β-unsaturated/α-hetero) is 1. The number of aliphatic hydroxyl groups excluding tert-OH is 1. The number of aliphatic hydroxyl groups is 1. The highest BCUT2D eigenvalue weighted by molar-refractivity contribution is 8.00. The predicted molar refractivity (Wildman–Crippen MR) is 99.5 cm³/mol. The molecular formula is C20H22FNO4S. The van der Waals surface area contributed by atoms with Crippen molar-refractivity contribution in [1.29, 1.82) is 0 Å². The van der Waals surface area contributed by atoms with E-state index in [0.29, 0.717) is 24.3 Å². The van der Waals surface area contributed by atoms with Crippen molar-refractivity contribution < 1.29 is 24.2 Å². The Morgan fingerprint density at radius 2 is 2.07 bits per heavy atom. The van der Waals surface area contributed by atoms with E-state index in [4.69, 9.17) is 0 Å². The molecular weight excluding hydrogens is 369 g/mol. The second kappa shape index (κ2) is 6.72. The fourth-order valence-corrected chi connectivity index (χ4v) is 6.44. The largest absolute Gasteiger partial charge is 0.481 e. The van der Waals surface area contributed by atoms with Gasteiger partial charge < -0.3 is 15.5 Å². The molecule has 7 heteroatoms. The minimum absolute atomic E-state index is 0.0205. The molecule has 27 heavy (non-hydrogen) atoms. The maximum Gasteiger partial charge on any atom is 0.303 e. The zero-order chi connectivity index (χ0) is 19.2. The highest BCUT2D eigenvalue weighted by Gasteiger charge is 2.74. The van der Waals surface area contributed by atoms with Crippen molar-refractivity contribution in [2.75, 3.05) is 13.2 Å². The predicted octanol–water partition coefficient (Wildman–Crippen LogP) is 2.35. The highest BCUT2D eigenvalue weighted by atomic mass is 32.2. The summed E-state index contributed by atoms with van der Waals surface area (Å²) in [5.74, 6) is -0.685. The van der Waals surface area contributed by atoms with Gasteiger partial charge in [-0.3, -0.25) is 9.59 Å². The molecule has 0 radical (unpaired) electrons. The van der Waals surface area contributed by atoms with Crippen LogP contribution in [0, 0.1) is 23.1 Å². The molecule has 1 spiro atoms.